The minimum atomic E-state index is -3.04. The van der Waals surface area contributed by atoms with Crippen molar-refractivity contribution in [3.05, 3.63) is 29.6 Å². The molecule has 4 nitrogen and oxygen atoms in total. The number of halogens is 1. The van der Waals surface area contributed by atoms with Crippen LogP contribution in [0.3, 0.4) is 0 Å². The molecule has 0 radical (unpaired) electrons. The van der Waals surface area contributed by atoms with Gasteiger partial charge in [0.15, 0.2) is 0 Å². The highest BCUT2D eigenvalue weighted by Crippen LogP contribution is 2.28. The molecule has 1 fully saturated rings. The second-order valence-corrected chi connectivity index (χ2v) is 8.01. The van der Waals surface area contributed by atoms with Gasteiger partial charge in [0, 0.05) is 25.3 Å². The number of hydrogen-bond acceptors (Lipinski definition) is 4. The third kappa shape index (κ3) is 4.68. The maximum Gasteiger partial charge on any atom is 0.150 e. The van der Waals surface area contributed by atoms with E-state index >= 15 is 0 Å². The van der Waals surface area contributed by atoms with Gasteiger partial charge in [-0.2, -0.15) is 0 Å². The van der Waals surface area contributed by atoms with Crippen LogP contribution in [0.4, 0.5) is 4.39 Å². The van der Waals surface area contributed by atoms with Crippen molar-refractivity contribution in [3.63, 3.8) is 0 Å². The summed E-state index contributed by atoms with van der Waals surface area (Å²) in [6.07, 6.45) is 3.91. The Hall–Kier alpha value is -1.14. The molecule has 1 N–H and O–H groups in total. The molecule has 2 atom stereocenters. The van der Waals surface area contributed by atoms with Crippen molar-refractivity contribution >= 4 is 9.84 Å². The fraction of sp³-hybridized carbons (Fsp3) is 0.600. The first-order valence-corrected chi connectivity index (χ1v) is 9.13. The van der Waals surface area contributed by atoms with Crippen LogP contribution in [0, 0.1) is 5.82 Å². The molecular weight excluding hydrogens is 293 g/mol. The third-order valence-electron chi connectivity index (χ3n) is 3.80. The SMILES string of the molecule is CNCc1cc(F)cc(OC2CCCC(S(C)(=O)=O)C2)c1. The Balaban J connectivity index is 2.07. The second kappa shape index (κ2) is 6.75. The van der Waals surface area contributed by atoms with Gasteiger partial charge in [-0.15, -0.1) is 0 Å². The van der Waals surface area contributed by atoms with Crippen molar-refractivity contribution in [2.24, 2.45) is 0 Å². The first kappa shape index (κ1) is 16.2. The quantitative estimate of drug-likeness (QED) is 0.906. The fourth-order valence-corrected chi connectivity index (χ4v) is 3.94. The number of ether oxygens (including phenoxy) is 1. The number of benzene rings is 1. The van der Waals surface area contributed by atoms with E-state index in [1.165, 1.54) is 18.4 Å². The van der Waals surface area contributed by atoms with Crippen LogP contribution in [0.5, 0.6) is 5.75 Å². The number of rotatable bonds is 5. The van der Waals surface area contributed by atoms with Crippen LogP contribution in [0.1, 0.15) is 31.2 Å². The molecule has 1 aliphatic rings. The molecule has 0 amide bonds. The molecule has 21 heavy (non-hydrogen) atoms. The molecule has 0 spiro atoms. The van der Waals surface area contributed by atoms with E-state index in [9.17, 15) is 12.8 Å². The lowest BCUT2D eigenvalue weighted by Crippen LogP contribution is -2.33. The topological polar surface area (TPSA) is 55.4 Å². The van der Waals surface area contributed by atoms with Gasteiger partial charge in [0.05, 0.1) is 11.4 Å². The maximum atomic E-state index is 13.6. The van der Waals surface area contributed by atoms with Gasteiger partial charge in [0.1, 0.15) is 21.4 Å². The molecule has 1 aromatic rings. The van der Waals surface area contributed by atoms with E-state index in [-0.39, 0.29) is 17.2 Å². The lowest BCUT2D eigenvalue weighted by atomic mass is 9.97. The van der Waals surface area contributed by atoms with E-state index in [2.05, 4.69) is 5.32 Å². The van der Waals surface area contributed by atoms with Gasteiger partial charge < -0.3 is 10.1 Å². The normalized spacial score (nSPS) is 23.0. The van der Waals surface area contributed by atoms with Crippen molar-refractivity contribution in [3.8, 4) is 5.75 Å². The molecule has 118 valence electrons. The van der Waals surface area contributed by atoms with Crippen molar-refractivity contribution in [2.75, 3.05) is 13.3 Å². The molecule has 1 aliphatic carbocycles. The van der Waals surface area contributed by atoms with Crippen LogP contribution in [-0.2, 0) is 16.4 Å². The Morgan fingerprint density at radius 3 is 2.76 bits per heavy atom. The monoisotopic (exact) mass is 315 g/mol. The average Bonchev–Trinajstić information content (AvgIpc) is 2.37. The molecule has 6 heteroatoms. The predicted molar refractivity (Wildman–Crippen MR) is 80.7 cm³/mol. The summed E-state index contributed by atoms with van der Waals surface area (Å²) in [4.78, 5) is 0. The molecule has 0 bridgehead atoms. The summed E-state index contributed by atoms with van der Waals surface area (Å²) in [6, 6.07) is 4.61. The highest BCUT2D eigenvalue weighted by Gasteiger charge is 2.30. The summed E-state index contributed by atoms with van der Waals surface area (Å²) in [5, 5.41) is 2.62. The Bertz CT molecular complexity index is 589. The summed E-state index contributed by atoms with van der Waals surface area (Å²) in [5.74, 6) is 0.132. The predicted octanol–water partition coefficient (Wildman–Crippen LogP) is 2.28. The van der Waals surface area contributed by atoms with Gasteiger partial charge in [-0.05, 0) is 44.0 Å². The van der Waals surface area contributed by atoms with Crippen LogP contribution in [0.2, 0.25) is 0 Å². The zero-order valence-electron chi connectivity index (χ0n) is 12.4. The van der Waals surface area contributed by atoms with E-state index in [1.54, 1.807) is 13.1 Å². The van der Waals surface area contributed by atoms with Gasteiger partial charge in [0.25, 0.3) is 0 Å². The summed E-state index contributed by atoms with van der Waals surface area (Å²) < 4.78 is 42.7. The van der Waals surface area contributed by atoms with Crippen molar-refractivity contribution in [1.82, 2.24) is 5.32 Å². The van der Waals surface area contributed by atoms with E-state index in [0.29, 0.717) is 25.1 Å². The van der Waals surface area contributed by atoms with Gasteiger partial charge in [-0.3, -0.25) is 0 Å². The van der Waals surface area contributed by atoms with Gasteiger partial charge in [-0.25, -0.2) is 12.8 Å². The first-order chi connectivity index (χ1) is 9.88. The molecule has 0 aromatic heterocycles. The molecule has 2 unspecified atom stereocenters. The molecule has 1 saturated carbocycles. The molecule has 0 heterocycles. The van der Waals surface area contributed by atoms with Crippen molar-refractivity contribution in [1.29, 1.82) is 0 Å². The summed E-state index contributed by atoms with van der Waals surface area (Å²) >= 11 is 0. The zero-order valence-corrected chi connectivity index (χ0v) is 13.2. The Morgan fingerprint density at radius 2 is 2.10 bits per heavy atom. The van der Waals surface area contributed by atoms with Crippen LogP contribution in [-0.4, -0.2) is 33.1 Å². The average molecular weight is 315 g/mol. The smallest absolute Gasteiger partial charge is 0.150 e. The molecule has 2 rings (SSSR count). The largest absolute Gasteiger partial charge is 0.490 e. The number of nitrogens with one attached hydrogen (secondary N) is 1. The summed E-state index contributed by atoms with van der Waals surface area (Å²) in [5.41, 5.74) is 0.808. The van der Waals surface area contributed by atoms with Crippen molar-refractivity contribution < 1.29 is 17.5 Å². The minimum Gasteiger partial charge on any atom is -0.490 e. The van der Waals surface area contributed by atoms with E-state index in [0.717, 1.165) is 18.4 Å². The first-order valence-electron chi connectivity index (χ1n) is 7.18. The highest BCUT2D eigenvalue weighted by atomic mass is 32.2. The Morgan fingerprint density at radius 1 is 1.33 bits per heavy atom. The zero-order chi connectivity index (χ0) is 15.5. The van der Waals surface area contributed by atoms with Crippen LogP contribution in [0.15, 0.2) is 18.2 Å². The maximum absolute atomic E-state index is 13.6. The standard InChI is InChI=1S/C15H22FNO3S/c1-17-10-11-6-12(16)8-14(7-11)20-13-4-3-5-15(9-13)21(2,18)19/h6-8,13,15,17H,3-5,9-10H2,1-2H3. The molecular formula is C15H22FNO3S. The fourth-order valence-electron chi connectivity index (χ4n) is 2.79. The van der Waals surface area contributed by atoms with Gasteiger partial charge in [-0.1, -0.05) is 0 Å². The lowest BCUT2D eigenvalue weighted by molar-refractivity contribution is 0.155. The summed E-state index contributed by atoms with van der Waals surface area (Å²) in [7, 11) is -1.25. The van der Waals surface area contributed by atoms with Crippen LogP contribution < -0.4 is 10.1 Å². The van der Waals surface area contributed by atoms with E-state index in [4.69, 9.17) is 4.74 Å². The van der Waals surface area contributed by atoms with Crippen LogP contribution >= 0.6 is 0 Å². The minimum absolute atomic E-state index is 0.164. The Labute approximate surface area is 125 Å². The van der Waals surface area contributed by atoms with Crippen LogP contribution in [0.25, 0.3) is 0 Å². The third-order valence-corrected chi connectivity index (χ3v) is 5.44. The molecule has 0 aliphatic heterocycles. The van der Waals surface area contributed by atoms with E-state index in [1.807, 2.05) is 0 Å². The summed E-state index contributed by atoms with van der Waals surface area (Å²) in [6.45, 7) is 0.560. The molecule has 1 aromatic carbocycles. The van der Waals surface area contributed by atoms with Gasteiger partial charge in [0.2, 0.25) is 0 Å². The number of hydrogen-bond donors (Lipinski definition) is 1. The number of sulfone groups is 1. The van der Waals surface area contributed by atoms with Gasteiger partial charge >= 0.3 is 0 Å². The van der Waals surface area contributed by atoms with E-state index < -0.39 is 9.84 Å². The van der Waals surface area contributed by atoms with Crippen molar-refractivity contribution in [2.45, 2.75) is 43.6 Å². The molecule has 0 saturated heterocycles. The highest BCUT2D eigenvalue weighted by molar-refractivity contribution is 7.91. The second-order valence-electron chi connectivity index (χ2n) is 5.68. The Kier molecular flexibility index (Phi) is 5.22. The lowest BCUT2D eigenvalue weighted by Gasteiger charge is -2.28.